The molecule has 0 spiro atoms. The lowest BCUT2D eigenvalue weighted by Crippen LogP contribution is -2.53. The third-order valence-electron chi connectivity index (χ3n) is 6.91. The Morgan fingerprint density at radius 2 is 2.00 bits per heavy atom. The molecule has 2 heterocycles. The van der Waals surface area contributed by atoms with Crippen molar-refractivity contribution in [3.05, 3.63) is 59.4 Å². The third-order valence-corrected chi connectivity index (χ3v) is 6.91. The van der Waals surface area contributed by atoms with Crippen LogP contribution in [0.25, 0.3) is 0 Å². The summed E-state index contributed by atoms with van der Waals surface area (Å²) in [6, 6.07) is 11.1. The average Bonchev–Trinajstić information content (AvgIpc) is 3.25. The molecule has 1 saturated carbocycles. The smallest absolute Gasteiger partial charge is 0.254 e. The molecule has 6 nitrogen and oxygen atoms in total. The van der Waals surface area contributed by atoms with Gasteiger partial charge in [0.25, 0.3) is 5.91 Å². The number of piperidine rings is 1. The zero-order valence-corrected chi connectivity index (χ0v) is 18.8. The first-order chi connectivity index (χ1) is 16.3. The van der Waals surface area contributed by atoms with Gasteiger partial charge in [-0.1, -0.05) is 12.1 Å². The highest BCUT2D eigenvalue weighted by Crippen LogP contribution is 2.44. The number of rotatable bonds is 6. The lowest BCUT2D eigenvalue weighted by Gasteiger charge is -2.42. The molecule has 9 heteroatoms. The molecule has 182 valence electrons. The second-order valence-electron chi connectivity index (χ2n) is 9.13. The minimum atomic E-state index is -2.59. The standard InChI is InChI=1S/C25H26F3NO5/c1-31-21-9-17(5-6-20(21)32-14-16-11-24(27,28)12-16)23(30)29-8-7-25(22(13-29)33-15-34-25)18-3-2-4-19(26)10-18/h2-6,9-10,16,22H,7-8,11-15H2,1H3/t22-,25-/m1/s1. The summed E-state index contributed by atoms with van der Waals surface area (Å²) in [4.78, 5) is 14.9. The van der Waals surface area contributed by atoms with E-state index in [4.69, 9.17) is 18.9 Å². The van der Waals surface area contributed by atoms with Crippen molar-refractivity contribution in [3.8, 4) is 11.5 Å². The highest BCUT2D eigenvalue weighted by molar-refractivity contribution is 5.95. The summed E-state index contributed by atoms with van der Waals surface area (Å²) in [7, 11) is 1.46. The van der Waals surface area contributed by atoms with E-state index in [2.05, 4.69) is 0 Å². The number of benzene rings is 2. The van der Waals surface area contributed by atoms with Crippen LogP contribution in [0.3, 0.4) is 0 Å². The van der Waals surface area contributed by atoms with Gasteiger partial charge in [-0.3, -0.25) is 4.79 Å². The number of likely N-dealkylation sites (tertiary alicyclic amines) is 1. The Morgan fingerprint density at radius 1 is 1.18 bits per heavy atom. The SMILES string of the molecule is COc1cc(C(=O)N2CC[C@]3(c4cccc(F)c4)OCO[C@@H]3C2)ccc1OCC1CC(F)(F)C1. The van der Waals surface area contributed by atoms with Gasteiger partial charge in [0.1, 0.15) is 24.3 Å². The predicted octanol–water partition coefficient (Wildman–Crippen LogP) is 4.37. The number of carbonyl (C=O) groups excluding carboxylic acids is 1. The summed E-state index contributed by atoms with van der Waals surface area (Å²) in [5.41, 5.74) is 0.332. The van der Waals surface area contributed by atoms with Crippen LogP contribution in [0.5, 0.6) is 11.5 Å². The van der Waals surface area contributed by atoms with Crippen molar-refractivity contribution in [2.24, 2.45) is 5.92 Å². The fourth-order valence-electron chi connectivity index (χ4n) is 5.04. The van der Waals surface area contributed by atoms with E-state index in [-0.39, 0.29) is 43.9 Å². The molecule has 1 amide bonds. The van der Waals surface area contributed by atoms with E-state index >= 15 is 0 Å². The van der Waals surface area contributed by atoms with Crippen LogP contribution in [0.1, 0.15) is 35.2 Å². The van der Waals surface area contributed by atoms with Gasteiger partial charge in [-0.2, -0.15) is 0 Å². The van der Waals surface area contributed by atoms with Gasteiger partial charge in [-0.15, -0.1) is 0 Å². The average molecular weight is 477 g/mol. The van der Waals surface area contributed by atoms with Crippen molar-refractivity contribution in [2.75, 3.05) is 33.6 Å². The number of methoxy groups -OCH3 is 1. The van der Waals surface area contributed by atoms with Gasteiger partial charge in [0.05, 0.1) is 20.3 Å². The Balaban J connectivity index is 1.27. The number of fused-ring (bicyclic) bond motifs is 1. The van der Waals surface area contributed by atoms with E-state index in [9.17, 15) is 18.0 Å². The number of nitrogens with zero attached hydrogens (tertiary/aromatic N) is 1. The molecule has 34 heavy (non-hydrogen) atoms. The number of hydrogen-bond donors (Lipinski definition) is 0. The molecule has 0 N–H and O–H groups in total. The molecule has 0 unspecified atom stereocenters. The van der Waals surface area contributed by atoms with Crippen molar-refractivity contribution in [2.45, 2.75) is 36.9 Å². The Kier molecular flexibility index (Phi) is 5.93. The zero-order chi connectivity index (χ0) is 23.9. The highest BCUT2D eigenvalue weighted by Gasteiger charge is 2.51. The highest BCUT2D eigenvalue weighted by atomic mass is 19.3. The number of hydrogen-bond acceptors (Lipinski definition) is 5. The number of carbonyl (C=O) groups is 1. The first-order valence-electron chi connectivity index (χ1n) is 11.3. The maximum absolute atomic E-state index is 13.8. The molecule has 2 aromatic rings. The Hall–Kier alpha value is -2.78. The van der Waals surface area contributed by atoms with E-state index < -0.39 is 17.6 Å². The van der Waals surface area contributed by atoms with Crippen LogP contribution in [0, 0.1) is 11.7 Å². The van der Waals surface area contributed by atoms with Gasteiger partial charge >= 0.3 is 0 Å². The van der Waals surface area contributed by atoms with Gasteiger partial charge in [0, 0.05) is 37.3 Å². The van der Waals surface area contributed by atoms with Gasteiger partial charge in [0.15, 0.2) is 11.5 Å². The summed E-state index contributed by atoms with van der Waals surface area (Å²) < 4.78 is 62.7. The molecule has 2 saturated heterocycles. The van der Waals surface area contributed by atoms with Gasteiger partial charge < -0.3 is 23.8 Å². The summed E-state index contributed by atoms with van der Waals surface area (Å²) in [6.45, 7) is 0.958. The molecule has 3 fully saturated rings. The van der Waals surface area contributed by atoms with Crippen LogP contribution in [0.2, 0.25) is 0 Å². The van der Waals surface area contributed by atoms with Gasteiger partial charge in [-0.05, 0) is 35.9 Å². The lowest BCUT2D eigenvalue weighted by molar-refractivity contribution is -0.119. The Labute approximate surface area is 195 Å². The van der Waals surface area contributed by atoms with E-state index in [1.165, 1.54) is 19.2 Å². The number of ether oxygens (including phenoxy) is 4. The van der Waals surface area contributed by atoms with Crippen LogP contribution >= 0.6 is 0 Å². The first-order valence-corrected chi connectivity index (χ1v) is 11.3. The van der Waals surface area contributed by atoms with Crippen LogP contribution in [0.15, 0.2) is 42.5 Å². The minimum Gasteiger partial charge on any atom is -0.493 e. The topological polar surface area (TPSA) is 57.2 Å². The molecule has 1 aliphatic carbocycles. The summed E-state index contributed by atoms with van der Waals surface area (Å²) in [5.74, 6) is -2.56. The Bertz CT molecular complexity index is 1070. The summed E-state index contributed by atoms with van der Waals surface area (Å²) in [5, 5.41) is 0. The van der Waals surface area contributed by atoms with Crippen molar-refractivity contribution in [1.29, 1.82) is 0 Å². The molecular formula is C25H26F3NO5. The first kappa shape index (κ1) is 23.0. The number of alkyl halides is 2. The van der Waals surface area contributed by atoms with Crippen LogP contribution in [0.4, 0.5) is 13.2 Å². The molecule has 0 bridgehead atoms. The fraction of sp³-hybridized carbons (Fsp3) is 0.480. The van der Waals surface area contributed by atoms with Crippen LogP contribution in [-0.4, -0.2) is 56.4 Å². The molecule has 2 aliphatic heterocycles. The lowest BCUT2D eigenvalue weighted by atomic mass is 9.82. The van der Waals surface area contributed by atoms with E-state index in [1.54, 1.807) is 29.2 Å². The second kappa shape index (κ2) is 8.78. The normalized spacial score (nSPS) is 26.0. The number of amides is 1. The van der Waals surface area contributed by atoms with Crippen molar-refractivity contribution >= 4 is 5.91 Å². The molecule has 3 aliphatic rings. The second-order valence-corrected chi connectivity index (χ2v) is 9.13. The largest absolute Gasteiger partial charge is 0.493 e. The van der Waals surface area contributed by atoms with E-state index in [0.29, 0.717) is 42.1 Å². The third kappa shape index (κ3) is 4.22. The van der Waals surface area contributed by atoms with Crippen molar-refractivity contribution in [1.82, 2.24) is 4.90 Å². The molecule has 0 radical (unpaired) electrons. The Morgan fingerprint density at radius 3 is 2.74 bits per heavy atom. The molecule has 2 atom stereocenters. The molecule has 2 aromatic carbocycles. The van der Waals surface area contributed by atoms with E-state index in [1.807, 2.05) is 6.07 Å². The molecular weight excluding hydrogens is 451 g/mol. The van der Waals surface area contributed by atoms with E-state index in [0.717, 1.165) is 0 Å². The van der Waals surface area contributed by atoms with Crippen molar-refractivity contribution < 1.29 is 36.9 Å². The minimum absolute atomic E-state index is 0.0794. The quantitative estimate of drug-likeness (QED) is 0.619. The van der Waals surface area contributed by atoms with Gasteiger partial charge in [-0.25, -0.2) is 13.2 Å². The molecule has 0 aromatic heterocycles. The van der Waals surface area contributed by atoms with Crippen LogP contribution in [-0.2, 0) is 15.1 Å². The predicted molar refractivity (Wildman–Crippen MR) is 116 cm³/mol. The monoisotopic (exact) mass is 477 g/mol. The maximum Gasteiger partial charge on any atom is 0.254 e. The summed E-state index contributed by atoms with van der Waals surface area (Å²) in [6.07, 6.45) is -0.301. The summed E-state index contributed by atoms with van der Waals surface area (Å²) >= 11 is 0. The maximum atomic E-state index is 13.8. The zero-order valence-electron chi connectivity index (χ0n) is 18.8. The van der Waals surface area contributed by atoms with Gasteiger partial charge in [0.2, 0.25) is 5.92 Å². The number of halogens is 3. The van der Waals surface area contributed by atoms with Crippen molar-refractivity contribution in [3.63, 3.8) is 0 Å². The molecule has 5 rings (SSSR count). The fourth-order valence-corrected chi connectivity index (χ4v) is 5.04. The van der Waals surface area contributed by atoms with Crippen LogP contribution < -0.4 is 9.47 Å².